The van der Waals surface area contributed by atoms with E-state index < -0.39 is 8.46 Å². The summed E-state index contributed by atoms with van der Waals surface area (Å²) in [6.07, 6.45) is 2.52. The van der Waals surface area contributed by atoms with Crippen LogP contribution in [-0.2, 0) is 0 Å². The summed E-state index contributed by atoms with van der Waals surface area (Å²) in [6.45, 7) is 0. The quantitative estimate of drug-likeness (QED) is 0.663. The highest BCUT2D eigenvalue weighted by molar-refractivity contribution is 8.65. The second-order valence-corrected chi connectivity index (χ2v) is 8.86. The molecule has 0 saturated carbocycles. The van der Waals surface area contributed by atoms with E-state index in [2.05, 4.69) is 12.1 Å². The van der Waals surface area contributed by atoms with Crippen LogP contribution in [-0.4, -0.2) is 11.5 Å². The summed E-state index contributed by atoms with van der Waals surface area (Å²) >= 11 is 0. The van der Waals surface area contributed by atoms with Gasteiger partial charge in [-0.1, -0.05) is 29.8 Å². The van der Waals surface area contributed by atoms with E-state index >= 15 is 0 Å². The van der Waals surface area contributed by atoms with Crippen molar-refractivity contribution in [3.05, 3.63) is 0 Å². The van der Waals surface area contributed by atoms with Crippen LogP contribution in [0.1, 0.15) is 25.7 Å². The average Bonchev–Trinajstić information content (AvgIpc) is 2.05. The molecule has 5 heteroatoms. The molecular formula is C8H12Cl2N2S. The molecule has 0 atom stereocenters. The van der Waals surface area contributed by atoms with Gasteiger partial charge in [-0.3, -0.25) is 0 Å². The van der Waals surface area contributed by atoms with Gasteiger partial charge in [0.25, 0.3) is 0 Å². The third kappa shape index (κ3) is 8.25. The molecule has 0 aliphatic rings. The highest BCUT2D eigenvalue weighted by atomic mass is 36.0. The highest BCUT2D eigenvalue weighted by Gasteiger charge is 2.16. The second-order valence-electron chi connectivity index (χ2n) is 2.63. The summed E-state index contributed by atoms with van der Waals surface area (Å²) in [4.78, 5) is 0. The van der Waals surface area contributed by atoms with Gasteiger partial charge < -0.3 is 0 Å². The minimum atomic E-state index is -1.58. The van der Waals surface area contributed by atoms with E-state index in [0.717, 1.165) is 12.8 Å². The topological polar surface area (TPSA) is 47.6 Å². The van der Waals surface area contributed by atoms with Crippen molar-refractivity contribution in [1.29, 1.82) is 10.5 Å². The van der Waals surface area contributed by atoms with E-state index in [-0.39, 0.29) is 0 Å². The van der Waals surface area contributed by atoms with Crippen LogP contribution in [0, 0.1) is 22.7 Å². The SMILES string of the molecule is N#CCCCS(Cl)(Cl)CCCC#N. The molecule has 0 aromatic heterocycles. The molecule has 0 N–H and O–H groups in total. The minimum Gasteiger partial charge on any atom is -0.198 e. The van der Waals surface area contributed by atoms with Crippen molar-refractivity contribution in [1.82, 2.24) is 0 Å². The van der Waals surface area contributed by atoms with Gasteiger partial charge in [0.15, 0.2) is 0 Å². The van der Waals surface area contributed by atoms with Crippen LogP contribution in [0.4, 0.5) is 0 Å². The first-order chi connectivity index (χ1) is 6.12. The Morgan fingerprint density at radius 3 is 1.62 bits per heavy atom. The molecule has 2 nitrogen and oxygen atoms in total. The Hall–Kier alpha value is -0.0900. The first-order valence-electron chi connectivity index (χ1n) is 4.04. The number of rotatable bonds is 6. The zero-order chi connectivity index (χ0) is 10.2. The number of hydrogen-bond donors (Lipinski definition) is 0. The Labute approximate surface area is 89.8 Å². The van der Waals surface area contributed by atoms with Crippen LogP contribution >= 0.6 is 29.8 Å². The lowest BCUT2D eigenvalue weighted by Gasteiger charge is -2.23. The summed E-state index contributed by atoms with van der Waals surface area (Å²) in [5.41, 5.74) is 0. The van der Waals surface area contributed by atoms with Crippen LogP contribution in [0.5, 0.6) is 0 Å². The molecule has 0 fully saturated rings. The lowest BCUT2D eigenvalue weighted by Crippen LogP contribution is -1.96. The molecule has 0 aliphatic carbocycles. The molecule has 0 amide bonds. The second kappa shape index (κ2) is 7.33. The summed E-state index contributed by atoms with van der Waals surface area (Å²) < 4.78 is 0. The first kappa shape index (κ1) is 12.9. The van der Waals surface area contributed by atoms with Crippen molar-refractivity contribution in [3.8, 4) is 12.1 Å². The van der Waals surface area contributed by atoms with Crippen molar-refractivity contribution in [3.63, 3.8) is 0 Å². The summed E-state index contributed by atoms with van der Waals surface area (Å²) in [6, 6.07) is 4.10. The zero-order valence-corrected chi connectivity index (χ0v) is 9.63. The summed E-state index contributed by atoms with van der Waals surface area (Å²) in [5.74, 6) is 1.41. The minimum absolute atomic E-state index is 0.506. The molecule has 0 spiro atoms. The largest absolute Gasteiger partial charge is 0.198 e. The van der Waals surface area contributed by atoms with Crippen LogP contribution in [0.15, 0.2) is 0 Å². The molecule has 0 rings (SSSR count). The molecule has 0 saturated heterocycles. The van der Waals surface area contributed by atoms with Gasteiger partial charge in [0.1, 0.15) is 0 Å². The van der Waals surface area contributed by atoms with E-state index in [1.54, 1.807) is 0 Å². The molecule has 0 aromatic rings. The number of halogens is 2. The van der Waals surface area contributed by atoms with Gasteiger partial charge in [-0.05, 0) is 12.8 Å². The van der Waals surface area contributed by atoms with Crippen LogP contribution < -0.4 is 0 Å². The van der Waals surface area contributed by atoms with E-state index in [9.17, 15) is 0 Å². The lowest BCUT2D eigenvalue weighted by atomic mass is 10.4. The molecule has 0 bridgehead atoms. The van der Waals surface area contributed by atoms with Gasteiger partial charge in [0.05, 0.1) is 12.1 Å². The lowest BCUT2D eigenvalue weighted by molar-refractivity contribution is 0.956. The van der Waals surface area contributed by atoms with Gasteiger partial charge in [0, 0.05) is 24.3 Å². The predicted octanol–water partition coefficient (Wildman–Crippen LogP) is 3.71. The van der Waals surface area contributed by atoms with Gasteiger partial charge in [0.2, 0.25) is 0 Å². The van der Waals surface area contributed by atoms with Gasteiger partial charge in [-0.2, -0.15) is 10.5 Å². The zero-order valence-electron chi connectivity index (χ0n) is 7.30. The van der Waals surface area contributed by atoms with Gasteiger partial charge >= 0.3 is 0 Å². The standard InChI is InChI=1S/C8H12Cl2N2S/c9-13(10,7-3-1-5-11)8-4-2-6-12/h1-4,7-8H2. The molecular weight excluding hydrogens is 227 g/mol. The molecule has 0 unspecified atom stereocenters. The Morgan fingerprint density at radius 1 is 0.923 bits per heavy atom. The number of unbranched alkanes of at least 4 members (excludes halogenated alkanes) is 2. The third-order valence-corrected chi connectivity index (χ3v) is 5.09. The summed E-state index contributed by atoms with van der Waals surface area (Å²) in [5, 5.41) is 16.6. The van der Waals surface area contributed by atoms with Crippen LogP contribution in [0.2, 0.25) is 0 Å². The van der Waals surface area contributed by atoms with Crippen LogP contribution in [0.3, 0.4) is 0 Å². The number of nitriles is 2. The molecule has 13 heavy (non-hydrogen) atoms. The molecule has 0 heterocycles. The first-order valence-corrected chi connectivity index (χ1v) is 7.66. The fraction of sp³-hybridized carbons (Fsp3) is 0.750. The third-order valence-electron chi connectivity index (χ3n) is 1.46. The van der Waals surface area contributed by atoms with Crippen molar-refractivity contribution >= 4 is 29.8 Å². The Bertz CT molecular complexity index is 195. The van der Waals surface area contributed by atoms with Gasteiger partial charge in [-0.15, -0.1) is 0 Å². The van der Waals surface area contributed by atoms with Crippen molar-refractivity contribution in [2.75, 3.05) is 11.5 Å². The highest BCUT2D eigenvalue weighted by Crippen LogP contribution is 2.59. The normalized spacial score (nSPS) is 11.7. The molecule has 0 aliphatic heterocycles. The predicted molar refractivity (Wildman–Crippen MR) is 58.7 cm³/mol. The van der Waals surface area contributed by atoms with Crippen molar-refractivity contribution in [2.45, 2.75) is 25.7 Å². The summed E-state index contributed by atoms with van der Waals surface area (Å²) in [7, 11) is 10.5. The van der Waals surface area contributed by atoms with E-state index in [1.165, 1.54) is 0 Å². The molecule has 74 valence electrons. The van der Waals surface area contributed by atoms with E-state index in [1.807, 2.05) is 0 Å². The van der Waals surface area contributed by atoms with E-state index in [4.69, 9.17) is 31.9 Å². The van der Waals surface area contributed by atoms with E-state index in [0.29, 0.717) is 24.3 Å². The Kier molecular flexibility index (Phi) is 7.28. The molecule has 0 aromatic carbocycles. The maximum absolute atomic E-state index is 8.31. The van der Waals surface area contributed by atoms with Crippen molar-refractivity contribution in [2.24, 2.45) is 0 Å². The van der Waals surface area contributed by atoms with Crippen LogP contribution in [0.25, 0.3) is 0 Å². The Morgan fingerprint density at radius 2 is 1.31 bits per heavy atom. The van der Waals surface area contributed by atoms with Gasteiger partial charge in [-0.25, -0.2) is 0 Å². The van der Waals surface area contributed by atoms with Crippen molar-refractivity contribution < 1.29 is 0 Å². The maximum Gasteiger partial charge on any atom is 0.0622 e. The molecule has 0 radical (unpaired) electrons. The average molecular weight is 239 g/mol. The maximum atomic E-state index is 8.31. The fourth-order valence-corrected chi connectivity index (χ4v) is 3.47. The monoisotopic (exact) mass is 238 g/mol. The smallest absolute Gasteiger partial charge is 0.0622 e. The Balaban J connectivity index is 3.56. The number of nitrogens with zero attached hydrogens (tertiary/aromatic N) is 2. The fourth-order valence-electron chi connectivity index (χ4n) is 0.827. The number of hydrogen-bond acceptors (Lipinski definition) is 2.